The Morgan fingerprint density at radius 1 is 1.37 bits per heavy atom. The molecule has 0 saturated carbocycles. The zero-order chi connectivity index (χ0) is 13.8. The SMILES string of the molecule is CCNC(Cc1cc(Br)ccc1F)c1occc1C. The third kappa shape index (κ3) is 3.45. The highest BCUT2D eigenvalue weighted by Gasteiger charge is 2.18. The fourth-order valence-electron chi connectivity index (χ4n) is 2.17. The predicted octanol–water partition coefficient (Wildman–Crippen LogP) is 4.38. The van der Waals surface area contributed by atoms with Crippen LogP contribution in [-0.4, -0.2) is 6.54 Å². The molecule has 1 atom stereocenters. The first kappa shape index (κ1) is 14.3. The maximum absolute atomic E-state index is 13.8. The topological polar surface area (TPSA) is 25.2 Å². The Morgan fingerprint density at radius 2 is 2.16 bits per heavy atom. The molecule has 1 aromatic heterocycles. The minimum atomic E-state index is -0.185. The van der Waals surface area contributed by atoms with Crippen LogP contribution in [0, 0.1) is 12.7 Å². The largest absolute Gasteiger partial charge is 0.467 e. The van der Waals surface area contributed by atoms with Crippen molar-refractivity contribution in [2.75, 3.05) is 6.54 Å². The van der Waals surface area contributed by atoms with Gasteiger partial charge >= 0.3 is 0 Å². The maximum atomic E-state index is 13.8. The second-order valence-corrected chi connectivity index (χ2v) is 5.43. The number of hydrogen-bond donors (Lipinski definition) is 1. The van der Waals surface area contributed by atoms with Gasteiger partial charge in [-0.05, 0) is 55.3 Å². The first-order valence-electron chi connectivity index (χ1n) is 6.33. The lowest BCUT2D eigenvalue weighted by Gasteiger charge is -2.17. The molecule has 2 rings (SSSR count). The van der Waals surface area contributed by atoms with Crippen LogP contribution in [0.15, 0.2) is 39.4 Å². The molecule has 0 saturated heterocycles. The number of hydrogen-bond acceptors (Lipinski definition) is 2. The first-order valence-corrected chi connectivity index (χ1v) is 7.12. The highest BCUT2D eigenvalue weighted by molar-refractivity contribution is 9.10. The molecule has 0 aliphatic carbocycles. The van der Waals surface area contributed by atoms with Crippen molar-refractivity contribution in [3.8, 4) is 0 Å². The Balaban J connectivity index is 2.26. The normalized spacial score (nSPS) is 12.6. The molecule has 0 fully saturated rings. The molecule has 19 heavy (non-hydrogen) atoms. The zero-order valence-electron chi connectivity index (χ0n) is 11.0. The molecule has 1 unspecified atom stereocenters. The van der Waals surface area contributed by atoms with E-state index in [1.807, 2.05) is 26.0 Å². The Labute approximate surface area is 121 Å². The van der Waals surface area contributed by atoms with Crippen LogP contribution in [0.25, 0.3) is 0 Å². The van der Waals surface area contributed by atoms with Gasteiger partial charge in [0.15, 0.2) is 0 Å². The van der Waals surface area contributed by atoms with Crippen LogP contribution in [-0.2, 0) is 6.42 Å². The van der Waals surface area contributed by atoms with E-state index in [-0.39, 0.29) is 11.9 Å². The van der Waals surface area contributed by atoms with Gasteiger partial charge in [0.2, 0.25) is 0 Å². The molecule has 0 amide bonds. The minimum absolute atomic E-state index is 0.0104. The number of benzene rings is 1. The Morgan fingerprint density at radius 3 is 2.79 bits per heavy atom. The highest BCUT2D eigenvalue weighted by Crippen LogP contribution is 2.25. The Bertz CT molecular complexity index is 553. The van der Waals surface area contributed by atoms with Crippen LogP contribution in [0.3, 0.4) is 0 Å². The first-order chi connectivity index (χ1) is 9.11. The zero-order valence-corrected chi connectivity index (χ0v) is 12.6. The molecule has 102 valence electrons. The maximum Gasteiger partial charge on any atom is 0.126 e. The van der Waals surface area contributed by atoms with Gasteiger partial charge in [-0.15, -0.1) is 0 Å². The predicted molar refractivity (Wildman–Crippen MR) is 77.7 cm³/mol. The summed E-state index contributed by atoms with van der Waals surface area (Å²) in [5, 5.41) is 3.35. The van der Waals surface area contributed by atoms with E-state index in [1.165, 1.54) is 6.07 Å². The highest BCUT2D eigenvalue weighted by atomic mass is 79.9. The molecule has 2 nitrogen and oxygen atoms in total. The van der Waals surface area contributed by atoms with E-state index in [4.69, 9.17) is 4.42 Å². The van der Waals surface area contributed by atoms with Crippen molar-refractivity contribution in [2.45, 2.75) is 26.3 Å². The third-order valence-corrected chi connectivity index (χ3v) is 3.59. The summed E-state index contributed by atoms with van der Waals surface area (Å²) >= 11 is 3.38. The quantitative estimate of drug-likeness (QED) is 0.882. The summed E-state index contributed by atoms with van der Waals surface area (Å²) in [5.74, 6) is 0.691. The number of halogens is 2. The van der Waals surface area contributed by atoms with E-state index in [1.54, 1.807) is 12.3 Å². The molecule has 4 heteroatoms. The molecular formula is C15H17BrFNO. The van der Waals surface area contributed by atoms with Gasteiger partial charge < -0.3 is 9.73 Å². The summed E-state index contributed by atoms with van der Waals surface area (Å²) in [6.45, 7) is 4.84. The number of furan rings is 1. The molecule has 1 heterocycles. The molecule has 0 aliphatic heterocycles. The van der Waals surface area contributed by atoms with Crippen molar-refractivity contribution in [2.24, 2.45) is 0 Å². The summed E-state index contributed by atoms with van der Waals surface area (Å²) in [6, 6.07) is 6.93. The van der Waals surface area contributed by atoms with Gasteiger partial charge in [-0.3, -0.25) is 0 Å². The number of aryl methyl sites for hydroxylation is 1. The van der Waals surface area contributed by atoms with Gasteiger partial charge in [0.25, 0.3) is 0 Å². The smallest absolute Gasteiger partial charge is 0.126 e. The summed E-state index contributed by atoms with van der Waals surface area (Å²) in [6.07, 6.45) is 2.24. The van der Waals surface area contributed by atoms with E-state index in [0.29, 0.717) is 12.0 Å². The standard InChI is InChI=1S/C15H17BrFNO/c1-3-18-14(15-10(2)6-7-19-15)9-11-8-12(16)4-5-13(11)17/h4-8,14,18H,3,9H2,1-2H3. The van der Waals surface area contributed by atoms with Crippen LogP contribution in [0.2, 0.25) is 0 Å². The number of nitrogens with one attached hydrogen (secondary N) is 1. The van der Waals surface area contributed by atoms with Crippen LogP contribution in [0.4, 0.5) is 4.39 Å². The number of rotatable bonds is 5. The van der Waals surface area contributed by atoms with Crippen LogP contribution < -0.4 is 5.32 Å². The molecule has 0 radical (unpaired) electrons. The van der Waals surface area contributed by atoms with Crippen molar-refractivity contribution in [3.63, 3.8) is 0 Å². The van der Waals surface area contributed by atoms with Gasteiger partial charge in [-0.25, -0.2) is 4.39 Å². The fraction of sp³-hybridized carbons (Fsp3) is 0.333. The summed E-state index contributed by atoms with van der Waals surface area (Å²) < 4.78 is 20.2. The molecule has 2 aromatic rings. The summed E-state index contributed by atoms with van der Waals surface area (Å²) in [4.78, 5) is 0. The van der Waals surface area contributed by atoms with E-state index >= 15 is 0 Å². The van der Waals surface area contributed by atoms with Gasteiger partial charge in [-0.1, -0.05) is 22.9 Å². The van der Waals surface area contributed by atoms with Crippen LogP contribution in [0.5, 0.6) is 0 Å². The van der Waals surface area contributed by atoms with Gasteiger partial charge in [-0.2, -0.15) is 0 Å². The third-order valence-electron chi connectivity index (χ3n) is 3.10. The molecule has 1 N–H and O–H groups in total. The van der Waals surface area contributed by atoms with Crippen LogP contribution >= 0.6 is 15.9 Å². The van der Waals surface area contributed by atoms with Gasteiger partial charge in [0, 0.05) is 4.47 Å². The molecule has 1 aromatic carbocycles. The summed E-state index contributed by atoms with van der Waals surface area (Å²) in [5.41, 5.74) is 1.76. The van der Waals surface area contributed by atoms with E-state index < -0.39 is 0 Å². The van der Waals surface area contributed by atoms with Crippen molar-refractivity contribution in [3.05, 3.63) is 57.7 Å². The lowest BCUT2D eigenvalue weighted by molar-refractivity contribution is 0.410. The Hall–Kier alpha value is -1.13. The van der Waals surface area contributed by atoms with Gasteiger partial charge in [0.05, 0.1) is 12.3 Å². The van der Waals surface area contributed by atoms with Crippen molar-refractivity contribution in [1.29, 1.82) is 0 Å². The minimum Gasteiger partial charge on any atom is -0.467 e. The van der Waals surface area contributed by atoms with E-state index in [2.05, 4.69) is 21.2 Å². The Kier molecular flexibility index (Phi) is 4.77. The lowest BCUT2D eigenvalue weighted by atomic mass is 10.0. The average molecular weight is 326 g/mol. The van der Waals surface area contributed by atoms with Crippen LogP contribution in [0.1, 0.15) is 29.9 Å². The monoisotopic (exact) mass is 325 g/mol. The van der Waals surface area contributed by atoms with Crippen molar-refractivity contribution < 1.29 is 8.81 Å². The average Bonchev–Trinajstić information content (AvgIpc) is 2.79. The number of likely N-dealkylation sites (N-methyl/N-ethyl adjacent to an activating group) is 1. The van der Waals surface area contributed by atoms with Gasteiger partial charge in [0.1, 0.15) is 11.6 Å². The summed E-state index contributed by atoms with van der Waals surface area (Å²) in [7, 11) is 0. The fourth-order valence-corrected chi connectivity index (χ4v) is 2.57. The molecular weight excluding hydrogens is 309 g/mol. The molecule has 0 aliphatic rings. The van der Waals surface area contributed by atoms with Crippen molar-refractivity contribution >= 4 is 15.9 Å². The van der Waals surface area contributed by atoms with Crippen molar-refractivity contribution in [1.82, 2.24) is 5.32 Å². The second-order valence-electron chi connectivity index (χ2n) is 4.52. The second kappa shape index (κ2) is 6.35. The van der Waals surface area contributed by atoms with E-state index in [0.717, 1.165) is 22.3 Å². The lowest BCUT2D eigenvalue weighted by Crippen LogP contribution is -2.23. The molecule has 0 spiro atoms. The van der Waals surface area contributed by atoms with E-state index in [9.17, 15) is 4.39 Å². The molecule has 0 bridgehead atoms.